The van der Waals surface area contributed by atoms with E-state index in [9.17, 15) is 0 Å². The molecule has 1 saturated heterocycles. The molecule has 7 heavy (non-hydrogen) atoms. The molecule has 1 rings (SSSR count). The zero-order valence-corrected chi connectivity index (χ0v) is 6.53. The van der Waals surface area contributed by atoms with Gasteiger partial charge in [-0.2, -0.15) is 0 Å². The SMILES string of the molecule is CC1CCCC[Se]1. The quantitative estimate of drug-likeness (QED) is 0.480. The molecule has 0 radical (unpaired) electrons. The summed E-state index contributed by atoms with van der Waals surface area (Å²) in [6.45, 7) is 2.39. The molecule has 0 aromatic carbocycles. The second-order valence-electron chi connectivity index (χ2n) is 2.18. The number of rotatable bonds is 0. The topological polar surface area (TPSA) is 0 Å². The molecule has 0 N–H and O–H groups in total. The minimum absolute atomic E-state index is 1.01. The van der Waals surface area contributed by atoms with Crippen molar-refractivity contribution in [3.05, 3.63) is 0 Å². The van der Waals surface area contributed by atoms with Crippen LogP contribution in [0.25, 0.3) is 0 Å². The van der Waals surface area contributed by atoms with E-state index in [0.717, 1.165) is 19.8 Å². The van der Waals surface area contributed by atoms with Crippen LogP contribution in [0, 0.1) is 0 Å². The van der Waals surface area contributed by atoms with Crippen LogP contribution in [0.1, 0.15) is 26.2 Å². The zero-order chi connectivity index (χ0) is 5.11. The third kappa shape index (κ3) is 1.83. The van der Waals surface area contributed by atoms with E-state index in [1.54, 1.807) is 5.32 Å². The fourth-order valence-corrected chi connectivity index (χ4v) is 3.22. The molecule has 1 aliphatic heterocycles. The van der Waals surface area contributed by atoms with E-state index >= 15 is 0 Å². The van der Waals surface area contributed by atoms with Crippen molar-refractivity contribution in [1.29, 1.82) is 0 Å². The fourth-order valence-electron chi connectivity index (χ4n) is 0.902. The standard InChI is InChI=1S/C6H12Se/c1-6-4-2-3-5-7-6/h6H,2-5H2,1H3. The van der Waals surface area contributed by atoms with Gasteiger partial charge in [0.1, 0.15) is 0 Å². The molecule has 1 heteroatoms. The summed E-state index contributed by atoms with van der Waals surface area (Å²) in [4.78, 5) is 1.10. The predicted octanol–water partition coefficient (Wildman–Crippen LogP) is 2.10. The maximum absolute atomic E-state index is 2.39. The Labute approximate surface area is 51.8 Å². The first-order chi connectivity index (χ1) is 3.39. The normalized spacial score (nSPS) is 33.0. The van der Waals surface area contributed by atoms with Crippen LogP contribution >= 0.6 is 0 Å². The second-order valence-corrected chi connectivity index (χ2v) is 5.42. The van der Waals surface area contributed by atoms with Crippen LogP contribution in [0.3, 0.4) is 0 Å². The molecule has 0 bridgehead atoms. The van der Waals surface area contributed by atoms with E-state index in [0.29, 0.717) is 0 Å². The molecule has 1 heterocycles. The van der Waals surface area contributed by atoms with Gasteiger partial charge < -0.3 is 0 Å². The van der Waals surface area contributed by atoms with Gasteiger partial charge in [-0.3, -0.25) is 0 Å². The molecule has 0 saturated carbocycles. The van der Waals surface area contributed by atoms with Crippen LogP contribution < -0.4 is 0 Å². The van der Waals surface area contributed by atoms with Crippen LogP contribution in [-0.2, 0) is 0 Å². The summed E-state index contributed by atoms with van der Waals surface area (Å²) < 4.78 is 0. The molecule has 0 aromatic rings. The molecule has 0 amide bonds. The Morgan fingerprint density at radius 2 is 2.29 bits per heavy atom. The Kier molecular flexibility index (Phi) is 2.21. The van der Waals surface area contributed by atoms with Crippen LogP contribution in [0.4, 0.5) is 0 Å². The van der Waals surface area contributed by atoms with Gasteiger partial charge in [-0.05, 0) is 0 Å². The Morgan fingerprint density at radius 3 is 2.57 bits per heavy atom. The molecule has 1 aliphatic rings. The van der Waals surface area contributed by atoms with Gasteiger partial charge in [0.2, 0.25) is 0 Å². The third-order valence-electron chi connectivity index (χ3n) is 1.41. The Morgan fingerprint density at radius 1 is 1.43 bits per heavy atom. The van der Waals surface area contributed by atoms with Gasteiger partial charge in [-0.15, -0.1) is 0 Å². The first-order valence-electron chi connectivity index (χ1n) is 3.01. The van der Waals surface area contributed by atoms with Crippen molar-refractivity contribution in [3.8, 4) is 0 Å². The molecule has 1 atom stereocenters. The Balaban J connectivity index is 2.12. The summed E-state index contributed by atoms with van der Waals surface area (Å²) in [6.07, 6.45) is 4.53. The van der Waals surface area contributed by atoms with E-state index in [4.69, 9.17) is 0 Å². The van der Waals surface area contributed by atoms with E-state index in [-0.39, 0.29) is 0 Å². The van der Waals surface area contributed by atoms with Gasteiger partial charge in [0, 0.05) is 0 Å². The summed E-state index contributed by atoms with van der Waals surface area (Å²) >= 11 is 1.01. The summed E-state index contributed by atoms with van der Waals surface area (Å²) in [7, 11) is 0. The van der Waals surface area contributed by atoms with Crippen molar-refractivity contribution in [1.82, 2.24) is 0 Å². The van der Waals surface area contributed by atoms with Crippen molar-refractivity contribution in [2.75, 3.05) is 0 Å². The van der Waals surface area contributed by atoms with Crippen molar-refractivity contribution < 1.29 is 0 Å². The van der Waals surface area contributed by atoms with Gasteiger partial charge in [0.15, 0.2) is 0 Å². The monoisotopic (exact) mass is 164 g/mol. The Hall–Kier alpha value is 0.519. The van der Waals surface area contributed by atoms with Crippen LogP contribution in [0.2, 0.25) is 10.1 Å². The maximum atomic E-state index is 2.39. The molecule has 1 unspecified atom stereocenters. The average Bonchev–Trinajstić information content (AvgIpc) is 1.69. The van der Waals surface area contributed by atoms with Crippen LogP contribution in [-0.4, -0.2) is 15.0 Å². The molecule has 0 spiro atoms. The third-order valence-corrected chi connectivity index (χ3v) is 4.20. The van der Waals surface area contributed by atoms with Gasteiger partial charge in [-0.1, -0.05) is 0 Å². The summed E-state index contributed by atoms with van der Waals surface area (Å²) in [5.41, 5.74) is 0. The molecule has 0 aromatic heterocycles. The average molecular weight is 163 g/mol. The van der Waals surface area contributed by atoms with E-state index in [2.05, 4.69) is 6.92 Å². The predicted molar refractivity (Wildman–Crippen MR) is 33.8 cm³/mol. The molecule has 0 aliphatic carbocycles. The zero-order valence-electron chi connectivity index (χ0n) is 4.81. The van der Waals surface area contributed by atoms with Crippen LogP contribution in [0.5, 0.6) is 0 Å². The van der Waals surface area contributed by atoms with E-state index < -0.39 is 0 Å². The van der Waals surface area contributed by atoms with Crippen molar-refractivity contribution in [2.45, 2.75) is 36.3 Å². The number of hydrogen-bond acceptors (Lipinski definition) is 0. The molecule has 1 fully saturated rings. The molecule has 0 nitrogen and oxygen atoms in total. The summed E-state index contributed by atoms with van der Waals surface area (Å²) in [6, 6.07) is 0. The number of hydrogen-bond donors (Lipinski definition) is 0. The molecular weight excluding hydrogens is 151 g/mol. The van der Waals surface area contributed by atoms with Gasteiger partial charge >= 0.3 is 51.3 Å². The van der Waals surface area contributed by atoms with Gasteiger partial charge in [0.05, 0.1) is 0 Å². The first kappa shape index (κ1) is 5.65. The molecular formula is C6H12Se. The minimum atomic E-state index is 1.01. The fraction of sp³-hybridized carbons (Fsp3) is 1.00. The second kappa shape index (κ2) is 2.74. The van der Waals surface area contributed by atoms with Crippen LogP contribution in [0.15, 0.2) is 0 Å². The van der Waals surface area contributed by atoms with Crippen molar-refractivity contribution in [3.63, 3.8) is 0 Å². The van der Waals surface area contributed by atoms with E-state index in [1.807, 2.05) is 0 Å². The summed E-state index contributed by atoms with van der Waals surface area (Å²) in [5, 5.41) is 1.55. The Bertz CT molecular complexity index is 46.1. The van der Waals surface area contributed by atoms with E-state index in [1.165, 1.54) is 19.3 Å². The van der Waals surface area contributed by atoms with Crippen molar-refractivity contribution >= 4 is 15.0 Å². The summed E-state index contributed by atoms with van der Waals surface area (Å²) in [5.74, 6) is 0. The van der Waals surface area contributed by atoms with Gasteiger partial charge in [-0.25, -0.2) is 0 Å². The first-order valence-corrected chi connectivity index (χ1v) is 5.21. The molecule has 42 valence electrons. The van der Waals surface area contributed by atoms with Gasteiger partial charge in [0.25, 0.3) is 0 Å². The van der Waals surface area contributed by atoms with Crippen molar-refractivity contribution in [2.24, 2.45) is 0 Å².